The molecule has 0 unspecified atom stereocenters. The van der Waals surface area contributed by atoms with Gasteiger partial charge in [-0.2, -0.15) is 0 Å². The van der Waals surface area contributed by atoms with Gasteiger partial charge < -0.3 is 29.2 Å². The Kier molecular flexibility index (Phi) is 8.81. The number of carbonyl (C=O) groups is 1. The summed E-state index contributed by atoms with van der Waals surface area (Å²) in [6, 6.07) is 12.4. The maximum Gasteiger partial charge on any atom is 0.261 e. The van der Waals surface area contributed by atoms with Crippen molar-refractivity contribution in [2.75, 3.05) is 32.8 Å². The van der Waals surface area contributed by atoms with Crippen molar-refractivity contribution in [2.24, 2.45) is 0 Å². The predicted molar refractivity (Wildman–Crippen MR) is 160 cm³/mol. The van der Waals surface area contributed by atoms with Crippen LogP contribution in [0, 0.1) is 25.5 Å². The number of carbonyl (C=O) groups excluding carboxylic acids is 1. The van der Waals surface area contributed by atoms with Crippen LogP contribution in [0.4, 0.5) is 14.5 Å². The lowest BCUT2D eigenvalue weighted by molar-refractivity contribution is 0.102. The number of benzene rings is 2. The van der Waals surface area contributed by atoms with E-state index in [2.05, 4.69) is 20.3 Å². The lowest BCUT2D eigenvalue weighted by Gasteiger charge is -2.14. The van der Waals surface area contributed by atoms with E-state index in [1.54, 1.807) is 27.0 Å². The van der Waals surface area contributed by atoms with Gasteiger partial charge in [0.1, 0.15) is 23.5 Å². The molecule has 0 spiro atoms. The first-order chi connectivity index (χ1) is 21.2. The highest BCUT2D eigenvalue weighted by Gasteiger charge is 2.21. The van der Waals surface area contributed by atoms with Crippen molar-refractivity contribution in [1.29, 1.82) is 0 Å². The number of rotatable bonds is 10. The molecule has 12 heteroatoms. The summed E-state index contributed by atoms with van der Waals surface area (Å²) in [7, 11) is 3.00. The molecule has 44 heavy (non-hydrogen) atoms. The summed E-state index contributed by atoms with van der Waals surface area (Å²) in [5, 5.41) is 2.57. The van der Waals surface area contributed by atoms with Gasteiger partial charge >= 0.3 is 0 Å². The number of anilines is 1. The molecule has 0 aliphatic heterocycles. The fourth-order valence-corrected chi connectivity index (χ4v) is 4.66. The fourth-order valence-electron chi connectivity index (χ4n) is 4.66. The van der Waals surface area contributed by atoms with Crippen molar-refractivity contribution in [3.63, 3.8) is 0 Å². The SMILES string of the molecule is COCCOc1cc2nccc(Oc3ccc(NC(=O)c4c(C)[nH]c(C)c(-c5ccc(F)cc5)c4=O)cc3F)c2nc1OC. The Hall–Kier alpha value is -5.36. The van der Waals surface area contributed by atoms with Gasteiger partial charge in [0.15, 0.2) is 23.1 Å². The molecule has 0 atom stereocenters. The molecule has 2 N–H and O–H groups in total. The van der Waals surface area contributed by atoms with Gasteiger partial charge in [0.05, 0.1) is 19.2 Å². The smallest absolute Gasteiger partial charge is 0.261 e. The van der Waals surface area contributed by atoms with Gasteiger partial charge in [-0.1, -0.05) is 12.1 Å². The van der Waals surface area contributed by atoms with Crippen molar-refractivity contribution in [1.82, 2.24) is 15.0 Å². The number of nitrogens with zero attached hydrogens (tertiary/aromatic N) is 2. The minimum Gasteiger partial charge on any atom is -0.485 e. The number of fused-ring (bicyclic) bond motifs is 1. The number of aromatic amines is 1. The van der Waals surface area contributed by atoms with E-state index < -0.39 is 23.0 Å². The second kappa shape index (κ2) is 12.9. The molecule has 0 aliphatic carbocycles. The zero-order valence-electron chi connectivity index (χ0n) is 24.3. The molecule has 3 aromatic heterocycles. The van der Waals surface area contributed by atoms with Crippen LogP contribution in [0.5, 0.6) is 23.1 Å². The average molecular weight is 603 g/mol. The van der Waals surface area contributed by atoms with Crippen LogP contribution in [0.2, 0.25) is 0 Å². The van der Waals surface area contributed by atoms with Crippen LogP contribution in [0.25, 0.3) is 22.2 Å². The Bertz CT molecular complexity index is 1910. The van der Waals surface area contributed by atoms with E-state index in [0.717, 1.165) is 6.07 Å². The summed E-state index contributed by atoms with van der Waals surface area (Å²) in [5.74, 6) is -1.34. The first-order valence-electron chi connectivity index (χ1n) is 13.4. The monoisotopic (exact) mass is 602 g/mol. The molecule has 5 rings (SSSR count). The number of ether oxygens (including phenoxy) is 4. The van der Waals surface area contributed by atoms with Crippen LogP contribution in [-0.4, -0.2) is 48.3 Å². The number of aryl methyl sites for hydroxylation is 2. The lowest BCUT2D eigenvalue weighted by Crippen LogP contribution is -2.26. The molecule has 0 saturated carbocycles. The van der Waals surface area contributed by atoms with E-state index in [1.807, 2.05) is 0 Å². The molecule has 5 aromatic rings. The van der Waals surface area contributed by atoms with Crippen LogP contribution in [0.3, 0.4) is 0 Å². The minimum atomic E-state index is -0.777. The average Bonchev–Trinajstić information content (AvgIpc) is 2.99. The van der Waals surface area contributed by atoms with E-state index in [4.69, 9.17) is 18.9 Å². The van der Waals surface area contributed by atoms with E-state index in [-0.39, 0.29) is 40.8 Å². The third-order valence-electron chi connectivity index (χ3n) is 6.69. The second-order valence-corrected chi connectivity index (χ2v) is 9.68. The Morgan fingerprint density at radius 3 is 2.41 bits per heavy atom. The highest BCUT2D eigenvalue weighted by atomic mass is 19.1. The topological polar surface area (TPSA) is 125 Å². The first-order valence-corrected chi connectivity index (χ1v) is 13.4. The minimum absolute atomic E-state index is 0.0970. The van der Waals surface area contributed by atoms with E-state index in [0.29, 0.717) is 40.3 Å². The maximum atomic E-state index is 15.2. The van der Waals surface area contributed by atoms with Crippen LogP contribution in [-0.2, 0) is 4.74 Å². The summed E-state index contributed by atoms with van der Waals surface area (Å²) < 4.78 is 50.5. The van der Waals surface area contributed by atoms with Crippen molar-refractivity contribution in [3.8, 4) is 34.3 Å². The molecule has 0 fully saturated rings. The van der Waals surface area contributed by atoms with Crippen molar-refractivity contribution in [3.05, 3.63) is 99.6 Å². The molecular weight excluding hydrogens is 574 g/mol. The number of halogens is 2. The summed E-state index contributed by atoms with van der Waals surface area (Å²) in [4.78, 5) is 38.4. The number of H-pyrrole nitrogens is 1. The van der Waals surface area contributed by atoms with Gasteiger partial charge in [-0.15, -0.1) is 0 Å². The van der Waals surface area contributed by atoms with Crippen LogP contribution in [0.1, 0.15) is 21.7 Å². The zero-order chi connectivity index (χ0) is 31.4. The van der Waals surface area contributed by atoms with E-state index >= 15 is 4.39 Å². The Balaban J connectivity index is 1.39. The highest BCUT2D eigenvalue weighted by Crippen LogP contribution is 2.35. The largest absolute Gasteiger partial charge is 0.485 e. The highest BCUT2D eigenvalue weighted by molar-refractivity contribution is 6.05. The number of nitrogens with one attached hydrogen (secondary N) is 2. The molecule has 2 aromatic carbocycles. The summed E-state index contributed by atoms with van der Waals surface area (Å²) in [6.07, 6.45) is 1.49. The first kappa shape index (κ1) is 30.1. The molecule has 226 valence electrons. The number of amides is 1. The van der Waals surface area contributed by atoms with Crippen molar-refractivity contribution >= 4 is 22.6 Å². The zero-order valence-corrected chi connectivity index (χ0v) is 24.3. The maximum absolute atomic E-state index is 15.2. The third kappa shape index (κ3) is 6.20. The standard InChI is InChI=1S/C32H28F2N4O6/c1-17-27(19-5-7-20(33)8-6-19)30(39)28(18(2)36-17)31(40)37-21-9-10-24(22(34)15-21)44-25-11-12-35-23-16-26(43-14-13-41-3)32(42-4)38-29(23)25/h5-12,15-16H,13-14H2,1-4H3,(H,36,39)(H,37,40). The Labute approximate surface area is 250 Å². The van der Waals surface area contributed by atoms with Crippen molar-refractivity contribution < 1.29 is 32.5 Å². The van der Waals surface area contributed by atoms with Crippen LogP contribution < -0.4 is 25.0 Å². The Morgan fingerprint density at radius 2 is 1.70 bits per heavy atom. The predicted octanol–water partition coefficient (Wildman–Crippen LogP) is 5.96. The second-order valence-electron chi connectivity index (χ2n) is 9.68. The molecule has 3 heterocycles. The van der Waals surface area contributed by atoms with Gasteiger partial charge in [0, 0.05) is 54.1 Å². The molecular formula is C32H28F2N4O6. The number of aromatic nitrogens is 3. The molecule has 1 amide bonds. The lowest BCUT2D eigenvalue weighted by atomic mass is 9.99. The number of hydrogen-bond acceptors (Lipinski definition) is 8. The van der Waals surface area contributed by atoms with E-state index in [9.17, 15) is 14.0 Å². The molecule has 0 aliphatic rings. The number of hydrogen-bond donors (Lipinski definition) is 2. The Morgan fingerprint density at radius 1 is 0.932 bits per heavy atom. The van der Waals surface area contributed by atoms with Gasteiger partial charge in [-0.3, -0.25) is 14.6 Å². The third-order valence-corrected chi connectivity index (χ3v) is 6.69. The normalized spacial score (nSPS) is 11.0. The number of pyridine rings is 3. The van der Waals surface area contributed by atoms with Crippen LogP contribution in [0.15, 0.2) is 65.6 Å². The molecule has 0 saturated heterocycles. The summed E-state index contributed by atoms with van der Waals surface area (Å²) in [6.45, 7) is 3.92. The van der Waals surface area contributed by atoms with E-state index in [1.165, 1.54) is 55.8 Å². The summed E-state index contributed by atoms with van der Waals surface area (Å²) in [5.41, 5.74) is 1.69. The molecule has 0 radical (unpaired) electrons. The quantitative estimate of drug-likeness (QED) is 0.188. The summed E-state index contributed by atoms with van der Waals surface area (Å²) >= 11 is 0. The van der Waals surface area contributed by atoms with Crippen molar-refractivity contribution in [2.45, 2.75) is 13.8 Å². The number of methoxy groups -OCH3 is 2. The molecule has 0 bridgehead atoms. The van der Waals surface area contributed by atoms with Crippen LogP contribution >= 0.6 is 0 Å². The van der Waals surface area contributed by atoms with Gasteiger partial charge in [-0.05, 0) is 43.7 Å². The van der Waals surface area contributed by atoms with Gasteiger partial charge in [-0.25, -0.2) is 13.8 Å². The molecule has 10 nitrogen and oxygen atoms in total. The van der Waals surface area contributed by atoms with Gasteiger partial charge in [0.2, 0.25) is 5.43 Å². The fraction of sp³-hybridized carbons (Fsp3) is 0.188. The van der Waals surface area contributed by atoms with Gasteiger partial charge in [0.25, 0.3) is 11.8 Å².